The molecular weight excluding hydrogens is 55.8 g/mol. The Labute approximate surface area is 29.4 Å². The molecule has 24 valence electrons. The molecule has 0 fully saturated rings. The van der Waals surface area contributed by atoms with Gasteiger partial charge in [-0.15, -0.1) is 0 Å². The smallest absolute Gasteiger partial charge is 0.427 e. The van der Waals surface area contributed by atoms with Gasteiger partial charge in [-0.1, -0.05) is 0 Å². The zero-order valence-electron chi connectivity index (χ0n) is 4.97. The molecule has 0 saturated carbocycles. The van der Waals surface area contributed by atoms with Gasteiger partial charge in [-0.3, -0.25) is 0 Å². The van der Waals surface area contributed by atoms with Crippen molar-refractivity contribution in [3.63, 3.8) is 0 Å². The van der Waals surface area contributed by atoms with Crippen LogP contribution in [0.25, 0.3) is 0 Å². The van der Waals surface area contributed by atoms with Crippen molar-refractivity contribution in [2.45, 2.75) is 6.75 Å². The van der Waals surface area contributed by atoms with Crippen LogP contribution in [0.5, 0.6) is 0 Å². The molecule has 0 aromatic heterocycles. The number of hydrogen-bond acceptors (Lipinski definition) is 2. The first kappa shape index (κ1) is 0.991. The van der Waals surface area contributed by atoms with Gasteiger partial charge in [0.05, 0.1) is 0 Å². The van der Waals surface area contributed by atoms with E-state index in [1.54, 1.807) is 0 Å². The Morgan fingerprint density at radius 3 is 2.25 bits per heavy atom. The van der Waals surface area contributed by atoms with Crippen molar-refractivity contribution in [1.82, 2.24) is 0 Å². The highest BCUT2D eigenvalue weighted by molar-refractivity contribution is 6.38. The van der Waals surface area contributed by atoms with Crippen LogP contribution in [0.4, 0.5) is 0 Å². The molecule has 0 heterocycles. The molecule has 0 saturated heterocycles. The number of rotatable bonds is 0. The second-order valence-corrected chi connectivity index (χ2v) is 0.374. The van der Waals surface area contributed by atoms with Crippen molar-refractivity contribution < 1.29 is 14.2 Å². The summed E-state index contributed by atoms with van der Waals surface area (Å²) in [6.07, 6.45) is 0. The van der Waals surface area contributed by atoms with Crippen molar-refractivity contribution in [2.75, 3.05) is 0 Å². The normalized spacial score (nSPS) is 21.0. The van der Waals surface area contributed by atoms with Crippen LogP contribution in [0.1, 0.15) is 4.11 Å². The third-order valence-corrected chi connectivity index (χ3v) is 0. The summed E-state index contributed by atoms with van der Waals surface area (Å²) < 4.78 is 18.7. The first-order chi connectivity index (χ1) is 2.94. The first-order valence-corrected chi connectivity index (χ1v) is 0.805. The minimum absolute atomic E-state index is 2.20. The molecule has 0 bridgehead atoms. The second-order valence-electron chi connectivity index (χ2n) is 0.374. The van der Waals surface area contributed by atoms with E-state index in [-0.39, 0.29) is 0 Å². The fraction of sp³-hybridized carbons (Fsp3) is 1.00. The quantitative estimate of drug-likeness (QED) is 0.282. The molecule has 2 nitrogen and oxygen atoms in total. The highest BCUT2D eigenvalue weighted by Crippen LogP contribution is 1.51. The van der Waals surface area contributed by atoms with Crippen LogP contribution in [0.2, 0.25) is 6.75 Å². The van der Waals surface area contributed by atoms with Gasteiger partial charge in [-0.2, -0.15) is 0 Å². The zero-order chi connectivity index (χ0) is 6.08. The molecule has 0 spiro atoms. The van der Waals surface area contributed by atoms with E-state index in [4.69, 9.17) is 14.2 Å². The molecular formula is CH5BO2. The lowest BCUT2D eigenvalue weighted by molar-refractivity contribution is 0.417. The molecule has 0 aliphatic rings. The van der Waals surface area contributed by atoms with Crippen molar-refractivity contribution >= 4 is 7.12 Å². The van der Waals surface area contributed by atoms with Gasteiger partial charge in [0, 0.05) is 4.11 Å². The Kier molecular flexibility index (Phi) is 0.327. The Morgan fingerprint density at radius 2 is 2.25 bits per heavy atom. The largest absolute Gasteiger partial charge is 0.448 e. The summed E-state index contributed by atoms with van der Waals surface area (Å²) in [5.74, 6) is 0. The fourth-order valence-electron chi connectivity index (χ4n) is 0. The van der Waals surface area contributed by atoms with Crippen molar-refractivity contribution in [3.05, 3.63) is 0 Å². The van der Waals surface area contributed by atoms with Gasteiger partial charge >= 0.3 is 7.12 Å². The van der Waals surface area contributed by atoms with Crippen LogP contribution >= 0.6 is 0 Å². The van der Waals surface area contributed by atoms with Gasteiger partial charge in [0.15, 0.2) is 0 Å². The van der Waals surface area contributed by atoms with E-state index in [0.29, 0.717) is 0 Å². The average Bonchev–Trinajstić information content (AvgIpc) is 1.31. The molecule has 0 aliphatic carbocycles. The van der Waals surface area contributed by atoms with Gasteiger partial charge in [0.25, 0.3) is 0 Å². The highest BCUT2D eigenvalue weighted by atomic mass is 16.4. The summed E-state index contributed by atoms with van der Waals surface area (Å²) in [4.78, 5) is 0. The molecule has 0 unspecified atom stereocenters. The van der Waals surface area contributed by atoms with E-state index >= 15 is 0 Å². The van der Waals surface area contributed by atoms with E-state index in [2.05, 4.69) is 0 Å². The summed E-state index contributed by atoms with van der Waals surface area (Å²) in [5, 5.41) is 15.8. The molecule has 2 N–H and O–H groups in total. The third kappa shape index (κ3) is 8480. The molecule has 4 heavy (non-hydrogen) atoms. The van der Waals surface area contributed by atoms with Crippen LogP contribution in [0.15, 0.2) is 0 Å². The highest BCUT2D eigenvalue weighted by Gasteiger charge is 1.86. The van der Waals surface area contributed by atoms with Gasteiger partial charge in [-0.05, 0) is 6.75 Å². The Hall–Kier alpha value is -0.0151. The molecule has 0 aromatic rings. The number of hydrogen-bond donors (Lipinski definition) is 2. The summed E-state index contributed by atoms with van der Waals surface area (Å²) in [5.41, 5.74) is 0. The van der Waals surface area contributed by atoms with E-state index in [1.165, 1.54) is 0 Å². The van der Waals surface area contributed by atoms with Crippen molar-refractivity contribution in [1.29, 1.82) is 0 Å². The molecule has 0 aliphatic heterocycles. The van der Waals surface area contributed by atoms with E-state index in [0.717, 1.165) is 0 Å². The molecule has 0 amide bonds. The van der Waals surface area contributed by atoms with Crippen LogP contribution in [-0.4, -0.2) is 17.2 Å². The standard InChI is InChI=1S/CH5BO2/c1-2(3)4/h3-4H,1H3/i1+1D3. The minimum atomic E-state index is -2.64. The monoisotopic (exact) mass is 64.1 g/mol. The van der Waals surface area contributed by atoms with Crippen LogP contribution in [-0.2, 0) is 0 Å². The lowest BCUT2D eigenvalue weighted by Crippen LogP contribution is -2.00. The van der Waals surface area contributed by atoms with Gasteiger partial charge < -0.3 is 10.0 Å². The summed E-state index contributed by atoms with van der Waals surface area (Å²) in [7, 11) is -2.20. The van der Waals surface area contributed by atoms with E-state index in [9.17, 15) is 0 Å². The lowest BCUT2D eigenvalue weighted by Gasteiger charge is -1.71. The topological polar surface area (TPSA) is 40.5 Å². The second kappa shape index (κ2) is 1.32. The lowest BCUT2D eigenvalue weighted by atomic mass is 10.1. The Morgan fingerprint density at radius 1 is 2.00 bits per heavy atom. The molecule has 0 aromatic carbocycles. The van der Waals surface area contributed by atoms with Gasteiger partial charge in [0.1, 0.15) is 0 Å². The molecule has 0 radical (unpaired) electrons. The first-order valence-electron chi connectivity index (χ1n) is 2.31. The maximum Gasteiger partial charge on any atom is 0.448 e. The van der Waals surface area contributed by atoms with Crippen LogP contribution in [0.3, 0.4) is 0 Å². The van der Waals surface area contributed by atoms with Crippen LogP contribution < -0.4 is 0 Å². The molecule has 0 rings (SSSR count). The predicted octanol–water partition coefficient (Wildman–Crippen LogP) is -0.911. The van der Waals surface area contributed by atoms with E-state index in [1.807, 2.05) is 0 Å². The predicted molar refractivity (Wildman–Crippen MR) is 16.1 cm³/mol. The Balaban J connectivity index is 3.54. The molecule has 0 atom stereocenters. The van der Waals surface area contributed by atoms with Crippen molar-refractivity contribution in [2.24, 2.45) is 0 Å². The third-order valence-electron chi connectivity index (χ3n) is 0. The minimum Gasteiger partial charge on any atom is -0.427 e. The zero-order valence-corrected chi connectivity index (χ0v) is 1.97. The van der Waals surface area contributed by atoms with Gasteiger partial charge in [0.2, 0.25) is 0 Å². The maximum absolute atomic E-state index is 7.88. The summed E-state index contributed by atoms with van der Waals surface area (Å²) in [6.45, 7) is -2.64. The van der Waals surface area contributed by atoms with Gasteiger partial charge in [-0.25, -0.2) is 0 Å². The van der Waals surface area contributed by atoms with Crippen molar-refractivity contribution in [3.8, 4) is 0 Å². The fourth-order valence-corrected chi connectivity index (χ4v) is 0. The summed E-state index contributed by atoms with van der Waals surface area (Å²) >= 11 is 0. The van der Waals surface area contributed by atoms with Crippen LogP contribution in [0, 0.1) is 0 Å². The average molecular weight is 63.9 g/mol. The summed E-state index contributed by atoms with van der Waals surface area (Å²) in [6, 6.07) is 0. The maximum atomic E-state index is 7.88. The molecule has 3 heteroatoms. The SMILES string of the molecule is [2H][13C]([2H])([2H])B(O)O. The Bertz CT molecular complexity index is 58.4. The van der Waals surface area contributed by atoms with E-state index < -0.39 is 13.9 Å².